The molecule has 92 valence electrons. The van der Waals surface area contributed by atoms with Gasteiger partial charge in [0.05, 0.1) is 16.1 Å². The molecule has 1 aromatic heterocycles. The summed E-state index contributed by atoms with van der Waals surface area (Å²) in [5.74, 6) is 0.899. The first kappa shape index (κ1) is 11.5. The molecule has 0 saturated carbocycles. The van der Waals surface area contributed by atoms with Crippen LogP contribution in [0.5, 0.6) is 0 Å². The van der Waals surface area contributed by atoms with Crippen molar-refractivity contribution in [1.82, 2.24) is 9.97 Å². The van der Waals surface area contributed by atoms with Crippen LogP contribution in [0.3, 0.4) is 0 Å². The van der Waals surface area contributed by atoms with Gasteiger partial charge in [0.2, 0.25) is 0 Å². The number of fused-ring (bicyclic) bond motifs is 1. The molecule has 0 radical (unpaired) electrons. The van der Waals surface area contributed by atoms with Gasteiger partial charge in [0.25, 0.3) is 0 Å². The Balaban J connectivity index is 2.19. The zero-order valence-electron chi connectivity index (χ0n) is 10.2. The van der Waals surface area contributed by atoms with E-state index in [4.69, 9.17) is 11.6 Å². The summed E-state index contributed by atoms with van der Waals surface area (Å²) in [6.45, 7) is 4.11. The number of allylic oxidation sites excluding steroid dienone is 2. The number of imidazole rings is 1. The Morgan fingerprint density at radius 1 is 1.39 bits per heavy atom. The molecule has 4 heteroatoms. The van der Waals surface area contributed by atoms with Crippen molar-refractivity contribution in [3.63, 3.8) is 0 Å². The number of rotatable bonds is 1. The number of aromatic amines is 1. The van der Waals surface area contributed by atoms with Gasteiger partial charge in [-0.2, -0.15) is 0 Å². The largest absolute Gasteiger partial charge is 0.337 e. The average molecular weight is 261 g/mol. The number of aromatic nitrogens is 2. The van der Waals surface area contributed by atoms with Crippen LogP contribution in [-0.2, 0) is 4.79 Å². The van der Waals surface area contributed by atoms with Crippen LogP contribution in [0, 0.1) is 5.41 Å². The fourth-order valence-corrected chi connectivity index (χ4v) is 2.67. The van der Waals surface area contributed by atoms with Crippen molar-refractivity contribution >= 4 is 34.0 Å². The van der Waals surface area contributed by atoms with Gasteiger partial charge >= 0.3 is 0 Å². The number of benzene rings is 1. The molecular weight excluding hydrogens is 248 g/mol. The Kier molecular flexibility index (Phi) is 2.35. The third-order valence-corrected chi connectivity index (χ3v) is 3.69. The number of nitrogens with one attached hydrogen (secondary N) is 1. The van der Waals surface area contributed by atoms with Gasteiger partial charge in [-0.3, -0.25) is 4.79 Å². The van der Waals surface area contributed by atoms with Gasteiger partial charge in [-0.15, -0.1) is 0 Å². The van der Waals surface area contributed by atoms with Crippen molar-refractivity contribution in [2.24, 2.45) is 5.41 Å². The van der Waals surface area contributed by atoms with E-state index in [0.29, 0.717) is 11.4 Å². The van der Waals surface area contributed by atoms with Crippen molar-refractivity contribution in [3.05, 3.63) is 35.1 Å². The Morgan fingerprint density at radius 3 is 2.78 bits per heavy atom. The van der Waals surface area contributed by atoms with Crippen LogP contribution in [0.4, 0.5) is 0 Å². The summed E-state index contributed by atoms with van der Waals surface area (Å²) in [6, 6.07) is 5.60. The topological polar surface area (TPSA) is 45.8 Å². The van der Waals surface area contributed by atoms with E-state index in [2.05, 4.69) is 23.8 Å². The lowest BCUT2D eigenvalue weighted by molar-refractivity contribution is -0.114. The number of carbonyl (C=O) groups excluding carboxylic acids is 1. The average Bonchev–Trinajstić information content (AvgIpc) is 2.79. The fraction of sp³-hybridized carbons (Fsp3) is 0.286. The van der Waals surface area contributed by atoms with Gasteiger partial charge < -0.3 is 4.98 Å². The number of nitrogens with zero attached hydrogens (tertiary/aromatic N) is 1. The zero-order chi connectivity index (χ0) is 12.9. The first-order chi connectivity index (χ1) is 8.47. The molecule has 0 saturated heterocycles. The van der Waals surface area contributed by atoms with E-state index in [1.165, 1.54) is 0 Å². The van der Waals surface area contributed by atoms with Crippen LogP contribution in [0.2, 0.25) is 5.02 Å². The maximum Gasteiger partial charge on any atom is 0.156 e. The van der Waals surface area contributed by atoms with Gasteiger partial charge in [0, 0.05) is 17.4 Å². The molecule has 0 aliphatic heterocycles. The molecule has 3 nitrogen and oxygen atoms in total. The number of para-hydroxylation sites is 1. The van der Waals surface area contributed by atoms with E-state index in [0.717, 1.165) is 22.4 Å². The molecule has 0 spiro atoms. The van der Waals surface area contributed by atoms with Gasteiger partial charge in [0.1, 0.15) is 5.82 Å². The highest BCUT2D eigenvalue weighted by Gasteiger charge is 2.34. The monoisotopic (exact) mass is 260 g/mol. The van der Waals surface area contributed by atoms with Crippen LogP contribution in [-0.4, -0.2) is 15.8 Å². The summed E-state index contributed by atoms with van der Waals surface area (Å²) in [7, 11) is 0. The number of carbonyl (C=O) groups is 1. The minimum absolute atomic E-state index is 0.154. The normalized spacial score (nSPS) is 18.4. The molecule has 3 rings (SSSR count). The molecule has 2 aromatic rings. The molecule has 1 heterocycles. The summed E-state index contributed by atoms with van der Waals surface area (Å²) >= 11 is 6.12. The lowest BCUT2D eigenvalue weighted by Gasteiger charge is -2.19. The molecule has 0 atom stereocenters. The number of H-pyrrole nitrogens is 1. The highest BCUT2D eigenvalue weighted by atomic mass is 35.5. The fourth-order valence-electron chi connectivity index (χ4n) is 2.45. The van der Waals surface area contributed by atoms with Gasteiger partial charge in [-0.25, -0.2) is 4.98 Å². The first-order valence-electron chi connectivity index (χ1n) is 5.87. The van der Waals surface area contributed by atoms with Crippen molar-refractivity contribution in [2.75, 3.05) is 0 Å². The highest BCUT2D eigenvalue weighted by Crippen LogP contribution is 2.42. The number of hydrogen-bond donors (Lipinski definition) is 1. The van der Waals surface area contributed by atoms with Gasteiger partial charge in [-0.1, -0.05) is 31.5 Å². The molecule has 0 fully saturated rings. The van der Waals surface area contributed by atoms with E-state index < -0.39 is 0 Å². The molecule has 0 unspecified atom stereocenters. The summed E-state index contributed by atoms with van der Waals surface area (Å²) in [5, 5.41) is 0.647. The number of hydrogen-bond acceptors (Lipinski definition) is 2. The molecule has 1 aliphatic carbocycles. The molecule has 0 amide bonds. The lowest BCUT2D eigenvalue weighted by atomic mass is 9.85. The van der Waals surface area contributed by atoms with Crippen molar-refractivity contribution in [1.29, 1.82) is 0 Å². The second-order valence-electron chi connectivity index (χ2n) is 5.30. The van der Waals surface area contributed by atoms with Crippen molar-refractivity contribution in [2.45, 2.75) is 20.3 Å². The number of ketones is 1. The third kappa shape index (κ3) is 1.66. The Labute approximate surface area is 110 Å². The SMILES string of the molecule is CC1(C)CC(=O)C=C1c1nc2cccc(Cl)c2[nH]1. The van der Waals surface area contributed by atoms with Crippen LogP contribution in [0.25, 0.3) is 16.6 Å². The third-order valence-electron chi connectivity index (χ3n) is 3.37. The summed E-state index contributed by atoms with van der Waals surface area (Å²) in [5.41, 5.74) is 2.44. The van der Waals surface area contributed by atoms with Crippen LogP contribution < -0.4 is 0 Å². The predicted octanol–water partition coefficient (Wildman–Crippen LogP) is 3.60. The predicted molar refractivity (Wildman–Crippen MR) is 72.5 cm³/mol. The molecule has 18 heavy (non-hydrogen) atoms. The maximum atomic E-state index is 11.6. The Hall–Kier alpha value is -1.61. The van der Waals surface area contributed by atoms with E-state index in [1.54, 1.807) is 6.08 Å². The quantitative estimate of drug-likeness (QED) is 0.852. The summed E-state index contributed by atoms with van der Waals surface area (Å²) in [6.07, 6.45) is 2.22. The van der Waals surface area contributed by atoms with Gasteiger partial charge in [0.15, 0.2) is 5.78 Å². The molecule has 1 aromatic carbocycles. The standard InChI is InChI=1S/C14H13ClN2O/c1-14(2)7-8(18)6-9(14)13-16-11-5-3-4-10(15)12(11)17-13/h3-6H,7H2,1-2H3,(H,16,17). The van der Waals surface area contributed by atoms with Crippen LogP contribution >= 0.6 is 11.6 Å². The van der Waals surface area contributed by atoms with E-state index in [-0.39, 0.29) is 11.2 Å². The minimum atomic E-state index is -0.169. The van der Waals surface area contributed by atoms with Crippen molar-refractivity contribution in [3.8, 4) is 0 Å². The first-order valence-corrected chi connectivity index (χ1v) is 6.25. The van der Waals surface area contributed by atoms with Crippen LogP contribution in [0.15, 0.2) is 24.3 Å². The number of halogens is 1. The second kappa shape index (κ2) is 3.69. The maximum absolute atomic E-state index is 11.6. The van der Waals surface area contributed by atoms with E-state index in [1.807, 2.05) is 18.2 Å². The van der Waals surface area contributed by atoms with E-state index in [9.17, 15) is 4.79 Å². The molecule has 1 N–H and O–H groups in total. The molecular formula is C14H13ClN2O. The molecule has 1 aliphatic rings. The van der Waals surface area contributed by atoms with Gasteiger partial charge in [-0.05, 0) is 18.2 Å². The lowest BCUT2D eigenvalue weighted by Crippen LogP contribution is -2.11. The summed E-state index contributed by atoms with van der Waals surface area (Å²) in [4.78, 5) is 19.3. The molecule has 0 bridgehead atoms. The minimum Gasteiger partial charge on any atom is -0.337 e. The smallest absolute Gasteiger partial charge is 0.156 e. The second-order valence-corrected chi connectivity index (χ2v) is 5.71. The Bertz CT molecular complexity index is 682. The van der Waals surface area contributed by atoms with E-state index >= 15 is 0 Å². The summed E-state index contributed by atoms with van der Waals surface area (Å²) < 4.78 is 0. The zero-order valence-corrected chi connectivity index (χ0v) is 11.0. The van der Waals surface area contributed by atoms with Crippen molar-refractivity contribution < 1.29 is 4.79 Å². The highest BCUT2D eigenvalue weighted by molar-refractivity contribution is 6.34. The Morgan fingerprint density at radius 2 is 2.17 bits per heavy atom. The van der Waals surface area contributed by atoms with Crippen LogP contribution in [0.1, 0.15) is 26.1 Å².